The molecule has 3 heterocycles. The van der Waals surface area contributed by atoms with Gasteiger partial charge in [0, 0.05) is 28.4 Å². The summed E-state index contributed by atoms with van der Waals surface area (Å²) >= 11 is 1.57. The number of hydrogen-bond donors (Lipinski definition) is 1. The smallest absolute Gasteiger partial charge is 0.274 e. The highest BCUT2D eigenvalue weighted by Gasteiger charge is 2.20. The fourth-order valence-corrected chi connectivity index (χ4v) is 3.78. The molecule has 28 heavy (non-hydrogen) atoms. The molecule has 4 rings (SSSR count). The second-order valence-corrected chi connectivity index (χ2v) is 7.58. The van der Waals surface area contributed by atoms with Crippen molar-refractivity contribution in [1.29, 1.82) is 0 Å². The minimum absolute atomic E-state index is 0.187. The first-order chi connectivity index (χ1) is 13.6. The number of hydrogen-bond acceptors (Lipinski definition) is 5. The highest BCUT2D eigenvalue weighted by Crippen LogP contribution is 2.18. The van der Waals surface area contributed by atoms with E-state index in [-0.39, 0.29) is 23.7 Å². The van der Waals surface area contributed by atoms with Gasteiger partial charge in [-0.1, -0.05) is 17.7 Å². The van der Waals surface area contributed by atoms with Gasteiger partial charge < -0.3 is 9.88 Å². The predicted octanol–water partition coefficient (Wildman–Crippen LogP) is 3.53. The van der Waals surface area contributed by atoms with Crippen LogP contribution in [0.4, 0.5) is 0 Å². The van der Waals surface area contributed by atoms with Gasteiger partial charge in [0.15, 0.2) is 0 Å². The molecule has 0 radical (unpaired) electrons. The molecule has 0 saturated heterocycles. The Bertz CT molecular complexity index is 1170. The molecule has 6 nitrogen and oxygen atoms in total. The first-order valence-electron chi connectivity index (χ1n) is 8.80. The molecule has 0 atom stereocenters. The second kappa shape index (κ2) is 7.74. The second-order valence-electron chi connectivity index (χ2n) is 6.55. The van der Waals surface area contributed by atoms with Gasteiger partial charge in [-0.3, -0.25) is 14.6 Å². The maximum Gasteiger partial charge on any atom is 0.274 e. The van der Waals surface area contributed by atoms with Crippen LogP contribution < -0.4 is 5.56 Å². The van der Waals surface area contributed by atoms with Crippen molar-refractivity contribution in [2.45, 2.75) is 20.0 Å². The normalized spacial score (nSPS) is 10.9. The zero-order chi connectivity index (χ0) is 19.5. The third-order valence-corrected chi connectivity index (χ3v) is 5.30. The lowest BCUT2D eigenvalue weighted by atomic mass is 10.1. The lowest BCUT2D eigenvalue weighted by molar-refractivity contribution is 0.0724. The standard InChI is InChI=1S/C21H18N4O2S/c1-14-4-5-18-15(9-14)10-16(20(26)24-18)12-25(13-17-3-2-8-28-17)21(27)19-11-22-6-7-23-19/h2-11H,12-13H2,1H3,(H,24,26). The number of rotatable bonds is 5. The molecule has 1 N–H and O–H groups in total. The van der Waals surface area contributed by atoms with Crippen molar-refractivity contribution in [2.24, 2.45) is 0 Å². The number of pyridine rings is 1. The molecule has 0 unspecified atom stereocenters. The molecule has 0 saturated carbocycles. The monoisotopic (exact) mass is 390 g/mol. The molecule has 0 bridgehead atoms. The number of carbonyl (C=O) groups is 1. The van der Waals surface area contributed by atoms with Crippen LogP contribution in [0.25, 0.3) is 10.9 Å². The topological polar surface area (TPSA) is 79.0 Å². The van der Waals surface area contributed by atoms with E-state index in [1.807, 2.05) is 48.7 Å². The lowest BCUT2D eigenvalue weighted by Gasteiger charge is -2.21. The van der Waals surface area contributed by atoms with Gasteiger partial charge in [0.2, 0.25) is 0 Å². The Morgan fingerprint density at radius 3 is 2.82 bits per heavy atom. The molecule has 140 valence electrons. The van der Waals surface area contributed by atoms with Crippen molar-refractivity contribution in [2.75, 3.05) is 0 Å². The maximum absolute atomic E-state index is 13.0. The van der Waals surface area contributed by atoms with Crippen LogP contribution in [0.1, 0.15) is 26.5 Å². The fourth-order valence-electron chi connectivity index (χ4n) is 3.06. The first-order valence-corrected chi connectivity index (χ1v) is 9.68. The summed E-state index contributed by atoms with van der Waals surface area (Å²) in [5.74, 6) is -0.259. The van der Waals surface area contributed by atoms with Crippen molar-refractivity contribution < 1.29 is 4.79 Å². The van der Waals surface area contributed by atoms with Crippen LogP contribution in [-0.4, -0.2) is 25.8 Å². The molecule has 0 spiro atoms. The molecule has 3 aromatic heterocycles. The molecular weight excluding hydrogens is 372 g/mol. The van der Waals surface area contributed by atoms with Gasteiger partial charge >= 0.3 is 0 Å². The Hall–Kier alpha value is -3.32. The summed E-state index contributed by atoms with van der Waals surface area (Å²) in [6.45, 7) is 2.59. The molecule has 4 aromatic rings. The Morgan fingerprint density at radius 2 is 2.07 bits per heavy atom. The molecule has 0 aliphatic rings. The largest absolute Gasteiger partial charge is 0.328 e. The number of nitrogens with zero attached hydrogens (tertiary/aromatic N) is 3. The molecule has 0 aliphatic heterocycles. The number of benzene rings is 1. The van der Waals surface area contributed by atoms with Crippen LogP contribution >= 0.6 is 11.3 Å². The Labute approximate surface area is 165 Å². The third kappa shape index (κ3) is 3.84. The number of fused-ring (bicyclic) bond motifs is 1. The van der Waals surface area contributed by atoms with Gasteiger partial charge in [-0.15, -0.1) is 11.3 Å². The maximum atomic E-state index is 13.0. The molecule has 1 amide bonds. The SMILES string of the molecule is Cc1ccc2[nH]c(=O)c(CN(Cc3cccs3)C(=O)c3cnccn3)cc2c1. The van der Waals surface area contributed by atoms with Gasteiger partial charge in [-0.25, -0.2) is 4.98 Å². The predicted molar refractivity (Wildman–Crippen MR) is 109 cm³/mol. The number of amides is 1. The summed E-state index contributed by atoms with van der Waals surface area (Å²) in [5.41, 5.74) is 2.49. The van der Waals surface area contributed by atoms with E-state index in [2.05, 4.69) is 15.0 Å². The number of aromatic nitrogens is 3. The van der Waals surface area contributed by atoms with E-state index in [9.17, 15) is 9.59 Å². The number of thiophene rings is 1. The van der Waals surface area contributed by atoms with Crippen LogP contribution in [0.3, 0.4) is 0 Å². The zero-order valence-electron chi connectivity index (χ0n) is 15.3. The summed E-state index contributed by atoms with van der Waals surface area (Å²) < 4.78 is 0. The summed E-state index contributed by atoms with van der Waals surface area (Å²) in [4.78, 5) is 39.3. The highest BCUT2D eigenvalue weighted by molar-refractivity contribution is 7.09. The summed E-state index contributed by atoms with van der Waals surface area (Å²) in [5, 5.41) is 2.91. The van der Waals surface area contributed by atoms with E-state index in [4.69, 9.17) is 0 Å². The van der Waals surface area contributed by atoms with Crippen LogP contribution in [0, 0.1) is 6.92 Å². The van der Waals surface area contributed by atoms with Gasteiger partial charge in [-0.05, 0) is 42.0 Å². The minimum Gasteiger partial charge on any atom is -0.328 e. The number of H-pyrrole nitrogens is 1. The number of carbonyl (C=O) groups excluding carboxylic acids is 1. The Morgan fingerprint density at radius 1 is 1.18 bits per heavy atom. The van der Waals surface area contributed by atoms with Crippen LogP contribution in [-0.2, 0) is 13.1 Å². The van der Waals surface area contributed by atoms with Crippen LogP contribution in [0.5, 0.6) is 0 Å². The molecular formula is C21H18N4O2S. The van der Waals surface area contributed by atoms with Crippen molar-refractivity contribution in [1.82, 2.24) is 19.9 Å². The Balaban J connectivity index is 1.71. The average Bonchev–Trinajstić information content (AvgIpc) is 3.21. The fraction of sp³-hybridized carbons (Fsp3) is 0.143. The highest BCUT2D eigenvalue weighted by atomic mass is 32.1. The zero-order valence-corrected chi connectivity index (χ0v) is 16.1. The van der Waals surface area contributed by atoms with Crippen LogP contribution in [0.15, 0.2) is 65.2 Å². The van der Waals surface area contributed by atoms with Gasteiger partial charge in [0.05, 0.1) is 19.3 Å². The van der Waals surface area contributed by atoms with Gasteiger partial charge in [0.1, 0.15) is 5.69 Å². The summed E-state index contributed by atoms with van der Waals surface area (Å²) in [6, 6.07) is 11.6. The summed E-state index contributed by atoms with van der Waals surface area (Å²) in [6.07, 6.45) is 4.46. The van der Waals surface area contributed by atoms with Crippen molar-refractivity contribution in [3.8, 4) is 0 Å². The third-order valence-electron chi connectivity index (χ3n) is 4.43. The Kier molecular flexibility index (Phi) is 4.99. The first kappa shape index (κ1) is 18.1. The molecule has 0 fully saturated rings. The van der Waals surface area contributed by atoms with E-state index in [0.29, 0.717) is 12.1 Å². The van der Waals surface area contributed by atoms with E-state index >= 15 is 0 Å². The molecule has 1 aromatic carbocycles. The number of aryl methyl sites for hydroxylation is 1. The molecule has 0 aliphatic carbocycles. The van der Waals surface area contributed by atoms with Crippen molar-refractivity contribution >= 4 is 28.1 Å². The van der Waals surface area contributed by atoms with E-state index in [1.165, 1.54) is 18.6 Å². The van der Waals surface area contributed by atoms with Crippen LogP contribution in [0.2, 0.25) is 0 Å². The molecule has 7 heteroatoms. The number of aromatic amines is 1. The van der Waals surface area contributed by atoms with Crippen molar-refractivity contribution in [3.05, 3.63) is 92.4 Å². The summed E-state index contributed by atoms with van der Waals surface area (Å²) in [7, 11) is 0. The minimum atomic E-state index is -0.259. The lowest BCUT2D eigenvalue weighted by Crippen LogP contribution is -2.32. The average molecular weight is 390 g/mol. The quantitative estimate of drug-likeness (QED) is 0.565. The van der Waals surface area contributed by atoms with Gasteiger partial charge in [0.25, 0.3) is 11.5 Å². The van der Waals surface area contributed by atoms with Crippen molar-refractivity contribution in [3.63, 3.8) is 0 Å². The van der Waals surface area contributed by atoms with E-state index in [1.54, 1.807) is 16.2 Å². The number of nitrogens with one attached hydrogen (secondary N) is 1. The van der Waals surface area contributed by atoms with E-state index < -0.39 is 0 Å². The van der Waals surface area contributed by atoms with Gasteiger partial charge in [-0.2, -0.15) is 0 Å². The van der Waals surface area contributed by atoms with E-state index in [0.717, 1.165) is 21.3 Å².